The second kappa shape index (κ2) is 8.39. The number of ether oxygens (including phenoxy) is 2. The van der Waals surface area contributed by atoms with Crippen molar-refractivity contribution in [3.8, 4) is 11.5 Å². The first-order valence-electron chi connectivity index (χ1n) is 8.72. The predicted molar refractivity (Wildman–Crippen MR) is 109 cm³/mol. The van der Waals surface area contributed by atoms with Crippen molar-refractivity contribution in [3.05, 3.63) is 65.5 Å². The Hall–Kier alpha value is -3.61. The summed E-state index contributed by atoms with van der Waals surface area (Å²) in [6, 6.07) is 14.4. The van der Waals surface area contributed by atoms with E-state index in [0.717, 1.165) is 17.1 Å². The van der Waals surface area contributed by atoms with Crippen LogP contribution >= 0.6 is 0 Å². The third-order valence-corrected chi connectivity index (χ3v) is 4.04. The van der Waals surface area contributed by atoms with Gasteiger partial charge in [-0.15, -0.1) is 0 Å². The van der Waals surface area contributed by atoms with Crippen molar-refractivity contribution >= 4 is 23.2 Å². The molecule has 0 saturated heterocycles. The topological polar surface area (TPSA) is 85.4 Å². The van der Waals surface area contributed by atoms with Crippen molar-refractivity contribution in [2.45, 2.75) is 13.8 Å². The SMILES string of the molecule is COc1cccc(OC)c1C(=O)Nc1ccc(Nc2nc(C)cc(C)n2)cc1. The number of carbonyl (C=O) groups excluding carboxylic acids is 1. The van der Waals surface area contributed by atoms with Crippen LogP contribution < -0.4 is 20.1 Å². The molecule has 2 aromatic carbocycles. The van der Waals surface area contributed by atoms with Crippen molar-refractivity contribution in [1.82, 2.24) is 9.97 Å². The summed E-state index contributed by atoms with van der Waals surface area (Å²) in [5.74, 6) is 1.12. The van der Waals surface area contributed by atoms with Crippen LogP contribution in [0.1, 0.15) is 21.7 Å². The Balaban J connectivity index is 1.75. The molecule has 28 heavy (non-hydrogen) atoms. The molecule has 0 fully saturated rings. The number of nitrogens with zero attached hydrogens (tertiary/aromatic N) is 2. The molecule has 0 radical (unpaired) electrons. The molecule has 1 heterocycles. The van der Waals surface area contributed by atoms with Gasteiger partial charge < -0.3 is 20.1 Å². The van der Waals surface area contributed by atoms with E-state index in [1.807, 2.05) is 32.0 Å². The largest absolute Gasteiger partial charge is 0.496 e. The zero-order chi connectivity index (χ0) is 20.1. The zero-order valence-electron chi connectivity index (χ0n) is 16.2. The summed E-state index contributed by atoms with van der Waals surface area (Å²) < 4.78 is 10.6. The average Bonchev–Trinajstić information content (AvgIpc) is 2.68. The smallest absolute Gasteiger partial charge is 0.263 e. The van der Waals surface area contributed by atoms with Gasteiger partial charge in [-0.2, -0.15) is 0 Å². The molecule has 3 rings (SSSR count). The van der Waals surface area contributed by atoms with E-state index in [1.165, 1.54) is 14.2 Å². The Morgan fingerprint density at radius 3 is 1.93 bits per heavy atom. The van der Waals surface area contributed by atoms with Crippen molar-refractivity contribution in [1.29, 1.82) is 0 Å². The summed E-state index contributed by atoms with van der Waals surface area (Å²) in [5, 5.41) is 6.02. The fourth-order valence-electron chi connectivity index (χ4n) is 2.82. The van der Waals surface area contributed by atoms with Crippen LogP contribution in [0.25, 0.3) is 0 Å². The molecule has 0 spiro atoms. The molecular weight excluding hydrogens is 356 g/mol. The van der Waals surface area contributed by atoms with Gasteiger partial charge in [-0.1, -0.05) is 6.07 Å². The fraction of sp³-hybridized carbons (Fsp3) is 0.190. The van der Waals surface area contributed by atoms with E-state index in [9.17, 15) is 4.79 Å². The molecule has 144 valence electrons. The molecule has 0 aliphatic carbocycles. The maximum atomic E-state index is 12.7. The van der Waals surface area contributed by atoms with Crippen LogP contribution in [0.15, 0.2) is 48.5 Å². The zero-order valence-corrected chi connectivity index (χ0v) is 16.2. The summed E-state index contributed by atoms with van der Waals surface area (Å²) in [6.45, 7) is 3.84. The number of methoxy groups -OCH3 is 2. The Morgan fingerprint density at radius 1 is 0.857 bits per heavy atom. The van der Waals surface area contributed by atoms with E-state index in [1.54, 1.807) is 30.3 Å². The lowest BCUT2D eigenvalue weighted by Gasteiger charge is -2.13. The van der Waals surface area contributed by atoms with Gasteiger partial charge in [0.15, 0.2) is 0 Å². The number of nitrogens with one attached hydrogen (secondary N) is 2. The highest BCUT2D eigenvalue weighted by Crippen LogP contribution is 2.29. The second-order valence-corrected chi connectivity index (χ2v) is 6.17. The number of aromatic nitrogens is 2. The molecule has 0 aliphatic rings. The van der Waals surface area contributed by atoms with Crippen LogP contribution in [-0.2, 0) is 0 Å². The lowest BCUT2D eigenvalue weighted by Crippen LogP contribution is -2.14. The highest BCUT2D eigenvalue weighted by molar-refractivity contribution is 6.08. The Morgan fingerprint density at radius 2 is 1.39 bits per heavy atom. The highest BCUT2D eigenvalue weighted by atomic mass is 16.5. The third-order valence-electron chi connectivity index (χ3n) is 4.04. The number of benzene rings is 2. The van der Waals surface area contributed by atoms with Crippen molar-refractivity contribution in [2.75, 3.05) is 24.9 Å². The molecule has 7 nitrogen and oxygen atoms in total. The normalized spacial score (nSPS) is 10.3. The van der Waals surface area contributed by atoms with Gasteiger partial charge in [-0.3, -0.25) is 4.79 Å². The van der Waals surface area contributed by atoms with E-state index in [0.29, 0.717) is 28.7 Å². The molecule has 0 atom stereocenters. The molecule has 2 N–H and O–H groups in total. The molecule has 0 bridgehead atoms. The van der Waals surface area contributed by atoms with Gasteiger partial charge in [0.1, 0.15) is 17.1 Å². The summed E-state index contributed by atoms with van der Waals surface area (Å²) in [6.07, 6.45) is 0. The van der Waals surface area contributed by atoms with Gasteiger partial charge in [0.25, 0.3) is 5.91 Å². The number of amides is 1. The number of aryl methyl sites for hydroxylation is 2. The van der Waals surface area contributed by atoms with Gasteiger partial charge >= 0.3 is 0 Å². The first kappa shape index (κ1) is 19.2. The van der Waals surface area contributed by atoms with Gasteiger partial charge in [0.05, 0.1) is 14.2 Å². The summed E-state index contributed by atoms with van der Waals surface area (Å²) >= 11 is 0. The highest BCUT2D eigenvalue weighted by Gasteiger charge is 2.18. The van der Waals surface area contributed by atoms with E-state index in [2.05, 4.69) is 20.6 Å². The minimum Gasteiger partial charge on any atom is -0.496 e. The first-order valence-corrected chi connectivity index (χ1v) is 8.72. The Bertz CT molecular complexity index is 945. The average molecular weight is 378 g/mol. The van der Waals surface area contributed by atoms with Crippen LogP contribution in [0, 0.1) is 13.8 Å². The molecule has 3 aromatic rings. The van der Waals surface area contributed by atoms with Crippen LogP contribution in [0.5, 0.6) is 11.5 Å². The molecular formula is C21H22N4O3. The lowest BCUT2D eigenvalue weighted by molar-refractivity contribution is 0.102. The van der Waals surface area contributed by atoms with Gasteiger partial charge in [0, 0.05) is 22.8 Å². The monoisotopic (exact) mass is 378 g/mol. The molecule has 0 aliphatic heterocycles. The Labute approximate surface area is 163 Å². The second-order valence-electron chi connectivity index (χ2n) is 6.17. The van der Waals surface area contributed by atoms with E-state index in [4.69, 9.17) is 9.47 Å². The van der Waals surface area contributed by atoms with E-state index < -0.39 is 0 Å². The van der Waals surface area contributed by atoms with Crippen LogP contribution in [0.2, 0.25) is 0 Å². The van der Waals surface area contributed by atoms with Crippen molar-refractivity contribution in [3.63, 3.8) is 0 Å². The molecule has 0 saturated carbocycles. The quantitative estimate of drug-likeness (QED) is 0.671. The summed E-state index contributed by atoms with van der Waals surface area (Å²) in [5.41, 5.74) is 3.59. The first-order chi connectivity index (χ1) is 13.5. The van der Waals surface area contributed by atoms with Crippen LogP contribution in [0.3, 0.4) is 0 Å². The number of rotatable bonds is 6. The van der Waals surface area contributed by atoms with Crippen molar-refractivity contribution < 1.29 is 14.3 Å². The Kier molecular flexibility index (Phi) is 5.74. The van der Waals surface area contributed by atoms with Crippen molar-refractivity contribution in [2.24, 2.45) is 0 Å². The molecule has 1 amide bonds. The molecule has 1 aromatic heterocycles. The summed E-state index contributed by atoms with van der Waals surface area (Å²) in [7, 11) is 3.03. The minimum absolute atomic E-state index is 0.312. The maximum absolute atomic E-state index is 12.7. The van der Waals surface area contributed by atoms with Gasteiger partial charge in [0.2, 0.25) is 5.95 Å². The molecule has 7 heteroatoms. The van der Waals surface area contributed by atoms with E-state index >= 15 is 0 Å². The maximum Gasteiger partial charge on any atom is 0.263 e. The van der Waals surface area contributed by atoms with Crippen LogP contribution in [-0.4, -0.2) is 30.1 Å². The van der Waals surface area contributed by atoms with E-state index in [-0.39, 0.29) is 5.91 Å². The van der Waals surface area contributed by atoms with Gasteiger partial charge in [-0.05, 0) is 56.3 Å². The number of carbonyl (C=O) groups is 1. The number of hydrogen-bond donors (Lipinski definition) is 2. The van der Waals surface area contributed by atoms with Crippen LogP contribution in [0.4, 0.5) is 17.3 Å². The minimum atomic E-state index is -0.312. The standard InChI is InChI=1S/C21H22N4O3/c1-13-12-14(2)23-21(22-13)25-16-10-8-15(9-11-16)24-20(26)19-17(27-3)6-5-7-18(19)28-4/h5-12H,1-4H3,(H,24,26)(H,22,23,25). The predicted octanol–water partition coefficient (Wildman–Crippen LogP) is 4.11. The summed E-state index contributed by atoms with van der Waals surface area (Å²) in [4.78, 5) is 21.4. The number of hydrogen-bond acceptors (Lipinski definition) is 6. The number of anilines is 3. The third kappa shape index (κ3) is 4.37. The fourth-order valence-corrected chi connectivity index (χ4v) is 2.82. The lowest BCUT2D eigenvalue weighted by atomic mass is 10.1. The van der Waals surface area contributed by atoms with Gasteiger partial charge in [-0.25, -0.2) is 9.97 Å². The molecule has 0 unspecified atom stereocenters.